The molecule has 0 radical (unpaired) electrons. The molecule has 1 aromatic heterocycles. The van der Waals surface area contributed by atoms with E-state index in [1.54, 1.807) is 0 Å². The fraction of sp³-hybridized carbons (Fsp3) is 0.778. The van der Waals surface area contributed by atoms with Crippen molar-refractivity contribution < 1.29 is 9.52 Å². The average Bonchev–Trinajstić information content (AvgIpc) is 2.83. The maximum Gasteiger partial charge on any atom is 0.318 e. The second-order valence-corrected chi connectivity index (χ2v) is 3.65. The van der Waals surface area contributed by atoms with E-state index in [4.69, 9.17) is 4.42 Å². The molecule has 1 atom stereocenters. The molecule has 0 bridgehead atoms. The number of hydrogen-bond acceptors (Lipinski definition) is 6. The molecule has 1 unspecified atom stereocenters. The first-order chi connectivity index (χ1) is 7.29. The molecule has 1 fully saturated rings. The lowest BCUT2D eigenvalue weighted by molar-refractivity contribution is 0.198. The van der Waals surface area contributed by atoms with Gasteiger partial charge in [-0.2, -0.15) is 0 Å². The van der Waals surface area contributed by atoms with Crippen molar-refractivity contribution in [1.29, 1.82) is 0 Å². The van der Waals surface area contributed by atoms with E-state index < -0.39 is 0 Å². The summed E-state index contributed by atoms with van der Waals surface area (Å²) in [6, 6.07) is 0.513. The van der Waals surface area contributed by atoms with Crippen LogP contribution in [-0.2, 0) is 6.54 Å². The van der Waals surface area contributed by atoms with Crippen molar-refractivity contribution in [1.82, 2.24) is 15.5 Å². The standard InChI is InChI=1S/C9H16N4O2/c1-2-10-5-8-11-12-9(15-8)13-4-3-7(14)6-13/h7,10,14H,2-6H2,1H3. The first-order valence-corrected chi connectivity index (χ1v) is 5.25. The fourth-order valence-electron chi connectivity index (χ4n) is 1.59. The molecule has 0 aliphatic carbocycles. The first kappa shape index (κ1) is 10.4. The van der Waals surface area contributed by atoms with Crippen molar-refractivity contribution >= 4 is 6.01 Å². The van der Waals surface area contributed by atoms with Gasteiger partial charge in [-0.15, -0.1) is 5.10 Å². The number of anilines is 1. The van der Waals surface area contributed by atoms with Gasteiger partial charge in [0, 0.05) is 13.1 Å². The summed E-state index contributed by atoms with van der Waals surface area (Å²) >= 11 is 0. The molecule has 1 saturated heterocycles. The number of hydrogen-bond donors (Lipinski definition) is 2. The monoisotopic (exact) mass is 212 g/mol. The van der Waals surface area contributed by atoms with Crippen LogP contribution in [0.3, 0.4) is 0 Å². The van der Waals surface area contributed by atoms with Gasteiger partial charge >= 0.3 is 6.01 Å². The minimum Gasteiger partial charge on any atom is -0.407 e. The molecule has 84 valence electrons. The highest BCUT2D eigenvalue weighted by atomic mass is 16.4. The molecule has 6 heteroatoms. The van der Waals surface area contributed by atoms with Gasteiger partial charge in [-0.1, -0.05) is 12.0 Å². The summed E-state index contributed by atoms with van der Waals surface area (Å²) in [7, 11) is 0. The van der Waals surface area contributed by atoms with Crippen molar-refractivity contribution in [2.24, 2.45) is 0 Å². The molecule has 2 N–H and O–H groups in total. The number of β-amino-alcohol motifs (C(OH)–C–C–N with tert-alkyl or cyclic N) is 1. The summed E-state index contributed by atoms with van der Waals surface area (Å²) in [6.07, 6.45) is 0.499. The number of nitrogens with zero attached hydrogens (tertiary/aromatic N) is 3. The van der Waals surface area contributed by atoms with Crippen molar-refractivity contribution in [3.05, 3.63) is 5.89 Å². The molecule has 2 rings (SSSR count). The summed E-state index contributed by atoms with van der Waals surface area (Å²) in [5.74, 6) is 0.591. The van der Waals surface area contributed by atoms with E-state index in [2.05, 4.69) is 15.5 Å². The van der Waals surface area contributed by atoms with Crippen LogP contribution in [0.15, 0.2) is 4.42 Å². The number of aromatic nitrogens is 2. The highest BCUT2D eigenvalue weighted by Gasteiger charge is 2.24. The minimum atomic E-state index is -0.269. The molecular weight excluding hydrogens is 196 g/mol. The zero-order valence-corrected chi connectivity index (χ0v) is 8.81. The molecule has 15 heavy (non-hydrogen) atoms. The Balaban J connectivity index is 1.94. The Morgan fingerprint density at radius 3 is 3.13 bits per heavy atom. The fourth-order valence-corrected chi connectivity index (χ4v) is 1.59. The SMILES string of the molecule is CCNCc1nnc(N2CCC(O)C2)o1. The number of nitrogens with one attached hydrogen (secondary N) is 1. The van der Waals surface area contributed by atoms with Crippen LogP contribution >= 0.6 is 0 Å². The third kappa shape index (κ3) is 2.45. The maximum absolute atomic E-state index is 9.37. The first-order valence-electron chi connectivity index (χ1n) is 5.25. The lowest BCUT2D eigenvalue weighted by Gasteiger charge is -2.10. The van der Waals surface area contributed by atoms with Crippen molar-refractivity contribution in [3.8, 4) is 0 Å². The molecule has 0 amide bonds. The summed E-state index contributed by atoms with van der Waals surface area (Å²) in [4.78, 5) is 1.91. The molecule has 1 aromatic rings. The van der Waals surface area contributed by atoms with Gasteiger partial charge in [0.25, 0.3) is 0 Å². The van der Waals surface area contributed by atoms with Gasteiger partial charge in [-0.3, -0.25) is 0 Å². The van der Waals surface area contributed by atoms with Crippen LogP contribution in [0.25, 0.3) is 0 Å². The Labute approximate surface area is 88.3 Å². The summed E-state index contributed by atoms with van der Waals surface area (Å²) in [5.41, 5.74) is 0. The Morgan fingerprint density at radius 1 is 1.60 bits per heavy atom. The molecular formula is C9H16N4O2. The molecule has 1 aliphatic heterocycles. The van der Waals surface area contributed by atoms with E-state index in [1.807, 2.05) is 11.8 Å². The normalized spacial score (nSPS) is 21.2. The zero-order valence-electron chi connectivity index (χ0n) is 8.81. The van der Waals surface area contributed by atoms with Crippen LogP contribution in [0, 0.1) is 0 Å². The van der Waals surface area contributed by atoms with E-state index in [1.165, 1.54) is 0 Å². The number of aliphatic hydroxyl groups excluding tert-OH is 1. The van der Waals surface area contributed by atoms with Gasteiger partial charge < -0.3 is 19.7 Å². The van der Waals surface area contributed by atoms with Crippen LogP contribution < -0.4 is 10.2 Å². The average molecular weight is 212 g/mol. The highest BCUT2D eigenvalue weighted by Crippen LogP contribution is 2.18. The molecule has 6 nitrogen and oxygen atoms in total. The van der Waals surface area contributed by atoms with Crippen molar-refractivity contribution in [2.75, 3.05) is 24.5 Å². The number of aliphatic hydroxyl groups is 1. The van der Waals surface area contributed by atoms with E-state index in [0.29, 0.717) is 25.0 Å². The maximum atomic E-state index is 9.37. The van der Waals surface area contributed by atoms with E-state index in [9.17, 15) is 5.11 Å². The van der Waals surface area contributed by atoms with E-state index in [0.717, 1.165) is 19.5 Å². The van der Waals surface area contributed by atoms with E-state index >= 15 is 0 Å². The van der Waals surface area contributed by atoms with Crippen LogP contribution in [0.4, 0.5) is 6.01 Å². The van der Waals surface area contributed by atoms with Crippen molar-refractivity contribution in [3.63, 3.8) is 0 Å². The summed E-state index contributed by atoms with van der Waals surface area (Å²) in [6.45, 7) is 4.86. The van der Waals surface area contributed by atoms with Crippen LogP contribution in [0.1, 0.15) is 19.2 Å². The highest BCUT2D eigenvalue weighted by molar-refractivity contribution is 5.26. The molecule has 2 heterocycles. The van der Waals surface area contributed by atoms with Gasteiger partial charge in [0.15, 0.2) is 0 Å². The topological polar surface area (TPSA) is 74.4 Å². The second-order valence-electron chi connectivity index (χ2n) is 3.65. The Hall–Kier alpha value is -1.14. The second kappa shape index (κ2) is 4.59. The molecule has 1 aliphatic rings. The summed E-state index contributed by atoms with van der Waals surface area (Å²) in [5, 5.41) is 20.3. The van der Waals surface area contributed by atoms with Crippen molar-refractivity contribution in [2.45, 2.75) is 26.0 Å². The summed E-state index contributed by atoms with van der Waals surface area (Å²) < 4.78 is 5.45. The van der Waals surface area contributed by atoms with Gasteiger partial charge in [-0.05, 0) is 13.0 Å². The predicted octanol–water partition coefficient (Wildman–Crippen LogP) is -0.250. The zero-order chi connectivity index (χ0) is 10.7. The Bertz CT molecular complexity index is 315. The Morgan fingerprint density at radius 2 is 2.47 bits per heavy atom. The molecule has 0 spiro atoms. The smallest absolute Gasteiger partial charge is 0.318 e. The molecule has 0 saturated carbocycles. The minimum absolute atomic E-state index is 0.269. The predicted molar refractivity (Wildman–Crippen MR) is 54.5 cm³/mol. The van der Waals surface area contributed by atoms with Gasteiger partial charge in [-0.25, -0.2) is 0 Å². The third-order valence-electron chi connectivity index (χ3n) is 2.42. The lowest BCUT2D eigenvalue weighted by atomic mass is 10.3. The van der Waals surface area contributed by atoms with Crippen LogP contribution in [0.2, 0.25) is 0 Å². The lowest BCUT2D eigenvalue weighted by Crippen LogP contribution is -2.21. The molecule has 0 aromatic carbocycles. The van der Waals surface area contributed by atoms with Gasteiger partial charge in [0.1, 0.15) is 0 Å². The van der Waals surface area contributed by atoms with Crippen LogP contribution in [0.5, 0.6) is 0 Å². The van der Waals surface area contributed by atoms with Crippen LogP contribution in [-0.4, -0.2) is 41.0 Å². The third-order valence-corrected chi connectivity index (χ3v) is 2.42. The number of rotatable bonds is 4. The van der Waals surface area contributed by atoms with E-state index in [-0.39, 0.29) is 6.10 Å². The quantitative estimate of drug-likeness (QED) is 0.717. The van der Waals surface area contributed by atoms with Gasteiger partial charge in [0.2, 0.25) is 5.89 Å². The largest absolute Gasteiger partial charge is 0.407 e. The Kier molecular flexibility index (Phi) is 3.17. The van der Waals surface area contributed by atoms with Gasteiger partial charge in [0.05, 0.1) is 12.6 Å².